The highest BCUT2D eigenvalue weighted by Crippen LogP contribution is 2.23. The van der Waals surface area contributed by atoms with Gasteiger partial charge in [0.05, 0.1) is 30.7 Å². The molecule has 142 valence electrons. The second kappa shape index (κ2) is 7.92. The maximum Gasteiger partial charge on any atom is 0.144 e. The van der Waals surface area contributed by atoms with Crippen molar-refractivity contribution in [3.8, 4) is 0 Å². The molecular formula is C20H26N6O. The molecule has 4 heterocycles. The van der Waals surface area contributed by atoms with Crippen LogP contribution in [0.5, 0.6) is 0 Å². The molecule has 0 aliphatic carbocycles. The lowest BCUT2D eigenvalue weighted by Gasteiger charge is -2.28. The second-order valence-electron chi connectivity index (χ2n) is 7.21. The molecule has 7 nitrogen and oxygen atoms in total. The molecule has 3 aromatic rings. The minimum Gasteiger partial charge on any atom is -0.466 e. The first-order valence-electron chi connectivity index (χ1n) is 9.51. The van der Waals surface area contributed by atoms with E-state index in [0.717, 1.165) is 55.6 Å². The monoisotopic (exact) mass is 366 g/mol. The van der Waals surface area contributed by atoms with Crippen molar-refractivity contribution in [2.45, 2.75) is 45.8 Å². The van der Waals surface area contributed by atoms with Gasteiger partial charge in [-0.25, -0.2) is 4.98 Å². The lowest BCUT2D eigenvalue weighted by molar-refractivity contribution is 0.204. The number of nitrogens with zero attached hydrogens (tertiary/aromatic N) is 5. The molecule has 0 radical (unpaired) electrons. The molecule has 0 unspecified atom stereocenters. The summed E-state index contributed by atoms with van der Waals surface area (Å²) in [6.07, 6.45) is 6.17. The molecule has 27 heavy (non-hydrogen) atoms. The number of nitrogens with one attached hydrogen (secondary N) is 1. The molecule has 0 saturated carbocycles. The highest BCUT2D eigenvalue weighted by Gasteiger charge is 2.19. The number of anilines is 1. The van der Waals surface area contributed by atoms with Gasteiger partial charge in [0.2, 0.25) is 0 Å². The van der Waals surface area contributed by atoms with Gasteiger partial charge < -0.3 is 9.73 Å². The van der Waals surface area contributed by atoms with Crippen LogP contribution in [0, 0.1) is 6.92 Å². The molecule has 1 aliphatic rings. The van der Waals surface area contributed by atoms with Crippen molar-refractivity contribution in [1.82, 2.24) is 24.6 Å². The highest BCUT2D eigenvalue weighted by atomic mass is 16.3. The Morgan fingerprint density at radius 1 is 1.26 bits per heavy atom. The Kier molecular flexibility index (Phi) is 5.20. The van der Waals surface area contributed by atoms with Crippen molar-refractivity contribution in [3.05, 3.63) is 59.7 Å². The van der Waals surface area contributed by atoms with Crippen LogP contribution in [-0.2, 0) is 19.6 Å². The fraction of sp³-hybridized carbons (Fsp3) is 0.450. The summed E-state index contributed by atoms with van der Waals surface area (Å²) in [5.41, 5.74) is 2.32. The molecule has 1 atom stereocenters. The maximum atomic E-state index is 5.76. The van der Waals surface area contributed by atoms with Crippen LogP contribution < -0.4 is 5.32 Å². The Morgan fingerprint density at radius 2 is 2.19 bits per heavy atom. The van der Waals surface area contributed by atoms with Crippen molar-refractivity contribution in [2.24, 2.45) is 0 Å². The number of hydrogen-bond donors (Lipinski definition) is 1. The van der Waals surface area contributed by atoms with Crippen molar-refractivity contribution in [2.75, 3.05) is 18.4 Å². The van der Waals surface area contributed by atoms with Gasteiger partial charge in [0, 0.05) is 31.4 Å². The summed E-state index contributed by atoms with van der Waals surface area (Å²) < 4.78 is 7.89. The number of aryl methyl sites for hydroxylation is 1. The molecule has 0 saturated heterocycles. The summed E-state index contributed by atoms with van der Waals surface area (Å²) in [5.74, 6) is 3.29. The molecule has 1 aliphatic heterocycles. The van der Waals surface area contributed by atoms with Crippen molar-refractivity contribution in [3.63, 3.8) is 0 Å². The smallest absolute Gasteiger partial charge is 0.144 e. The first kappa shape index (κ1) is 17.7. The third-order valence-electron chi connectivity index (χ3n) is 5.07. The first-order chi connectivity index (χ1) is 13.2. The van der Waals surface area contributed by atoms with Crippen LogP contribution in [-0.4, -0.2) is 37.7 Å². The SMILES string of the molecule is Cc1ccc([C@@H](C)CCN2CCn3nc(CNc4cnccn4)cc3C2)o1. The van der Waals surface area contributed by atoms with Crippen molar-refractivity contribution >= 4 is 5.82 Å². The summed E-state index contributed by atoms with van der Waals surface area (Å²) in [7, 11) is 0. The second-order valence-corrected chi connectivity index (χ2v) is 7.21. The van der Waals surface area contributed by atoms with Crippen LogP contribution in [0.1, 0.15) is 42.2 Å². The third-order valence-corrected chi connectivity index (χ3v) is 5.07. The summed E-state index contributed by atoms with van der Waals surface area (Å²) in [6.45, 7) is 8.89. The van der Waals surface area contributed by atoms with Gasteiger partial charge in [-0.2, -0.15) is 5.10 Å². The zero-order valence-electron chi connectivity index (χ0n) is 15.9. The third kappa shape index (κ3) is 4.36. The molecule has 1 N–H and O–H groups in total. The van der Waals surface area contributed by atoms with E-state index in [2.05, 4.69) is 43.9 Å². The van der Waals surface area contributed by atoms with Gasteiger partial charge in [0.1, 0.15) is 17.3 Å². The zero-order chi connectivity index (χ0) is 18.6. The summed E-state index contributed by atoms with van der Waals surface area (Å²) in [6, 6.07) is 6.33. The number of fused-ring (bicyclic) bond motifs is 1. The van der Waals surface area contributed by atoms with Crippen molar-refractivity contribution < 1.29 is 4.42 Å². The van der Waals surface area contributed by atoms with E-state index in [1.807, 2.05) is 13.0 Å². The first-order valence-corrected chi connectivity index (χ1v) is 9.51. The van der Waals surface area contributed by atoms with E-state index in [0.29, 0.717) is 12.5 Å². The predicted octanol–water partition coefficient (Wildman–Crippen LogP) is 3.20. The molecule has 0 fully saturated rings. The standard InChI is InChI=1S/C20H26N6O/c1-15(19-4-3-16(2)27-19)5-8-25-9-10-26-18(14-25)11-17(24-26)12-23-20-13-21-6-7-22-20/h3-4,6-7,11,13,15H,5,8-10,12,14H2,1-2H3,(H,22,23)/t15-/m0/s1. The molecule has 7 heteroatoms. The van der Waals surface area contributed by atoms with E-state index in [9.17, 15) is 0 Å². The van der Waals surface area contributed by atoms with E-state index < -0.39 is 0 Å². The summed E-state index contributed by atoms with van der Waals surface area (Å²) in [4.78, 5) is 10.8. The summed E-state index contributed by atoms with van der Waals surface area (Å²) in [5, 5.41) is 7.98. The quantitative estimate of drug-likeness (QED) is 0.692. The van der Waals surface area contributed by atoms with Gasteiger partial charge >= 0.3 is 0 Å². The van der Waals surface area contributed by atoms with Crippen LogP contribution in [0.4, 0.5) is 5.82 Å². The molecule has 0 spiro atoms. The van der Waals surface area contributed by atoms with E-state index in [1.54, 1.807) is 18.6 Å². The van der Waals surface area contributed by atoms with E-state index in [-0.39, 0.29) is 0 Å². The molecule has 0 aromatic carbocycles. The van der Waals surface area contributed by atoms with Crippen LogP contribution >= 0.6 is 0 Å². The van der Waals surface area contributed by atoms with Gasteiger partial charge in [0.25, 0.3) is 0 Å². The van der Waals surface area contributed by atoms with Gasteiger partial charge in [-0.05, 0) is 38.1 Å². The molecule has 4 rings (SSSR count). The average Bonchev–Trinajstić information content (AvgIpc) is 3.30. The van der Waals surface area contributed by atoms with Gasteiger partial charge in [0.15, 0.2) is 0 Å². The Morgan fingerprint density at radius 3 is 2.96 bits per heavy atom. The Bertz CT molecular complexity index is 872. The highest BCUT2D eigenvalue weighted by molar-refractivity contribution is 5.31. The number of rotatable bonds is 7. The molecule has 0 bridgehead atoms. The summed E-state index contributed by atoms with van der Waals surface area (Å²) >= 11 is 0. The van der Waals surface area contributed by atoms with Gasteiger partial charge in [-0.15, -0.1) is 0 Å². The number of furan rings is 1. The normalized spacial score (nSPS) is 15.5. The lowest BCUT2D eigenvalue weighted by atomic mass is 10.0. The zero-order valence-corrected chi connectivity index (χ0v) is 15.9. The molecule has 0 amide bonds. The van der Waals surface area contributed by atoms with Crippen LogP contribution in [0.3, 0.4) is 0 Å². The maximum absolute atomic E-state index is 5.76. The number of hydrogen-bond acceptors (Lipinski definition) is 6. The van der Waals surface area contributed by atoms with E-state index in [4.69, 9.17) is 9.52 Å². The molecule has 3 aromatic heterocycles. The average molecular weight is 366 g/mol. The molecular weight excluding hydrogens is 340 g/mol. The number of aromatic nitrogens is 4. The van der Waals surface area contributed by atoms with Crippen molar-refractivity contribution in [1.29, 1.82) is 0 Å². The predicted molar refractivity (Wildman–Crippen MR) is 103 cm³/mol. The largest absolute Gasteiger partial charge is 0.466 e. The fourth-order valence-corrected chi connectivity index (χ4v) is 3.47. The van der Waals surface area contributed by atoms with E-state index in [1.165, 1.54) is 5.69 Å². The van der Waals surface area contributed by atoms with Gasteiger partial charge in [-0.1, -0.05) is 6.92 Å². The Hall–Kier alpha value is -2.67. The Balaban J connectivity index is 1.30. The van der Waals surface area contributed by atoms with Crippen LogP contribution in [0.2, 0.25) is 0 Å². The van der Waals surface area contributed by atoms with E-state index >= 15 is 0 Å². The topological polar surface area (TPSA) is 72.0 Å². The minimum atomic E-state index is 0.442. The minimum absolute atomic E-state index is 0.442. The Labute approximate surface area is 159 Å². The fourth-order valence-electron chi connectivity index (χ4n) is 3.47. The van der Waals surface area contributed by atoms with Gasteiger partial charge in [-0.3, -0.25) is 14.6 Å². The van der Waals surface area contributed by atoms with Crippen LogP contribution in [0.15, 0.2) is 41.2 Å². The lowest BCUT2D eigenvalue weighted by Crippen LogP contribution is -2.34. The van der Waals surface area contributed by atoms with Crippen LogP contribution in [0.25, 0.3) is 0 Å².